The van der Waals surface area contributed by atoms with Gasteiger partial charge in [-0.05, 0) is 66.9 Å². The number of amides is 2. The summed E-state index contributed by atoms with van der Waals surface area (Å²) in [5.74, 6) is -0.483. The van der Waals surface area contributed by atoms with E-state index in [9.17, 15) is 9.59 Å². The minimum Gasteiger partial charge on any atom is -0.351 e. The molecular weight excluding hydrogens is 406 g/mol. The second-order valence-corrected chi connectivity index (χ2v) is 8.33. The van der Waals surface area contributed by atoms with E-state index < -0.39 is 0 Å². The Morgan fingerprint density at radius 3 is 2.69 bits per heavy atom. The van der Waals surface area contributed by atoms with Crippen molar-refractivity contribution in [2.75, 3.05) is 18.4 Å². The SMILES string of the molecule is O=C1N=C(N2CCCCC2)S/C1=C\c1cccc(NC(=O)c2ccccc2Cl)c1. The van der Waals surface area contributed by atoms with E-state index in [0.29, 0.717) is 21.2 Å². The van der Waals surface area contributed by atoms with Gasteiger partial charge in [-0.3, -0.25) is 9.59 Å². The van der Waals surface area contributed by atoms with Crippen molar-refractivity contribution >= 4 is 52.1 Å². The van der Waals surface area contributed by atoms with Crippen LogP contribution in [0.3, 0.4) is 0 Å². The Labute approximate surface area is 178 Å². The van der Waals surface area contributed by atoms with Crippen LogP contribution >= 0.6 is 23.4 Å². The van der Waals surface area contributed by atoms with E-state index in [4.69, 9.17) is 11.6 Å². The van der Waals surface area contributed by atoms with Crippen molar-refractivity contribution in [3.63, 3.8) is 0 Å². The number of piperidine rings is 1. The number of thioether (sulfide) groups is 1. The molecule has 0 radical (unpaired) electrons. The Morgan fingerprint density at radius 1 is 1.10 bits per heavy atom. The van der Waals surface area contributed by atoms with Crippen LogP contribution in [0.5, 0.6) is 0 Å². The summed E-state index contributed by atoms with van der Waals surface area (Å²) in [6.07, 6.45) is 5.33. The first kappa shape index (κ1) is 19.7. The summed E-state index contributed by atoms with van der Waals surface area (Å²) in [7, 11) is 0. The number of carbonyl (C=O) groups excluding carboxylic acids is 2. The molecule has 29 heavy (non-hydrogen) atoms. The molecule has 2 aromatic carbocycles. The highest BCUT2D eigenvalue weighted by Crippen LogP contribution is 2.31. The van der Waals surface area contributed by atoms with Crippen molar-refractivity contribution in [1.29, 1.82) is 0 Å². The molecule has 1 N–H and O–H groups in total. The lowest BCUT2D eigenvalue weighted by Crippen LogP contribution is -2.33. The van der Waals surface area contributed by atoms with E-state index in [0.717, 1.165) is 36.7 Å². The summed E-state index contributed by atoms with van der Waals surface area (Å²) in [6.45, 7) is 1.91. The number of halogens is 1. The van der Waals surface area contributed by atoms with Gasteiger partial charge in [0.1, 0.15) is 0 Å². The van der Waals surface area contributed by atoms with Crippen LogP contribution in [0.4, 0.5) is 5.69 Å². The van der Waals surface area contributed by atoms with Crippen molar-refractivity contribution < 1.29 is 9.59 Å². The monoisotopic (exact) mass is 425 g/mol. The fourth-order valence-electron chi connectivity index (χ4n) is 3.32. The summed E-state index contributed by atoms with van der Waals surface area (Å²) in [5.41, 5.74) is 1.88. The number of benzene rings is 2. The van der Waals surface area contributed by atoms with Gasteiger partial charge in [0.25, 0.3) is 11.8 Å². The van der Waals surface area contributed by atoms with Crippen molar-refractivity contribution in [1.82, 2.24) is 4.90 Å². The van der Waals surface area contributed by atoms with Gasteiger partial charge in [0.05, 0.1) is 15.5 Å². The summed E-state index contributed by atoms with van der Waals surface area (Å²) in [5, 5.41) is 4.05. The van der Waals surface area contributed by atoms with Crippen LogP contribution < -0.4 is 5.32 Å². The maximum atomic E-state index is 12.5. The second-order valence-electron chi connectivity index (χ2n) is 6.92. The van der Waals surface area contributed by atoms with Gasteiger partial charge in [0, 0.05) is 18.8 Å². The Hall–Kier alpha value is -2.57. The van der Waals surface area contributed by atoms with E-state index in [2.05, 4.69) is 15.2 Å². The molecule has 2 aliphatic heterocycles. The number of likely N-dealkylation sites (tertiary alicyclic amines) is 1. The Bertz CT molecular complexity index is 1010. The molecule has 148 valence electrons. The van der Waals surface area contributed by atoms with Gasteiger partial charge < -0.3 is 10.2 Å². The maximum Gasteiger partial charge on any atom is 0.286 e. The van der Waals surface area contributed by atoms with E-state index in [1.54, 1.807) is 30.3 Å². The zero-order valence-electron chi connectivity index (χ0n) is 15.7. The van der Waals surface area contributed by atoms with Crippen LogP contribution in [-0.4, -0.2) is 35.0 Å². The van der Waals surface area contributed by atoms with Gasteiger partial charge in [-0.15, -0.1) is 0 Å². The molecule has 0 unspecified atom stereocenters. The molecule has 0 bridgehead atoms. The minimum atomic E-state index is -0.276. The number of amidine groups is 1. The van der Waals surface area contributed by atoms with Crippen molar-refractivity contribution in [2.45, 2.75) is 19.3 Å². The van der Waals surface area contributed by atoms with Gasteiger partial charge in [-0.25, -0.2) is 0 Å². The molecule has 0 aromatic heterocycles. The highest BCUT2D eigenvalue weighted by molar-refractivity contribution is 8.18. The molecule has 1 saturated heterocycles. The second kappa shape index (κ2) is 8.84. The van der Waals surface area contributed by atoms with Gasteiger partial charge in [-0.1, -0.05) is 35.9 Å². The fourth-order valence-corrected chi connectivity index (χ4v) is 4.51. The largest absolute Gasteiger partial charge is 0.351 e. The molecule has 7 heteroatoms. The van der Waals surface area contributed by atoms with Crippen LogP contribution in [0.1, 0.15) is 35.2 Å². The molecule has 0 atom stereocenters. The molecule has 2 amide bonds. The van der Waals surface area contributed by atoms with E-state index in [1.807, 2.05) is 24.3 Å². The standard InChI is InChI=1S/C22H20ClN3O2S/c23-18-10-3-2-9-17(18)20(27)24-16-8-6-7-15(13-16)14-19-21(28)25-22(29-19)26-11-4-1-5-12-26/h2-3,6-10,13-14H,1,4-5,11-12H2,(H,24,27)/b19-14-. The Morgan fingerprint density at radius 2 is 1.90 bits per heavy atom. The predicted molar refractivity (Wildman–Crippen MR) is 119 cm³/mol. The normalized spacial score (nSPS) is 18.1. The lowest BCUT2D eigenvalue weighted by molar-refractivity contribution is -0.113. The average molecular weight is 426 g/mol. The smallest absolute Gasteiger partial charge is 0.286 e. The number of hydrogen-bond acceptors (Lipinski definition) is 4. The lowest BCUT2D eigenvalue weighted by Gasteiger charge is -2.27. The van der Waals surface area contributed by atoms with Gasteiger partial charge in [-0.2, -0.15) is 4.99 Å². The summed E-state index contributed by atoms with van der Waals surface area (Å²) < 4.78 is 0. The highest BCUT2D eigenvalue weighted by atomic mass is 35.5. The molecular formula is C22H20ClN3O2S. The van der Waals surface area contributed by atoms with Crippen LogP contribution in [0.15, 0.2) is 58.4 Å². The van der Waals surface area contributed by atoms with Gasteiger partial charge in [0.2, 0.25) is 0 Å². The molecule has 2 aliphatic rings. The van der Waals surface area contributed by atoms with Gasteiger partial charge in [0.15, 0.2) is 5.17 Å². The minimum absolute atomic E-state index is 0.207. The zero-order valence-corrected chi connectivity index (χ0v) is 17.3. The van der Waals surface area contributed by atoms with E-state index in [-0.39, 0.29) is 11.8 Å². The highest BCUT2D eigenvalue weighted by Gasteiger charge is 2.26. The van der Waals surface area contributed by atoms with Crippen LogP contribution in [0.2, 0.25) is 5.02 Å². The molecule has 2 heterocycles. The molecule has 4 rings (SSSR count). The molecule has 0 aliphatic carbocycles. The summed E-state index contributed by atoms with van der Waals surface area (Å²) in [6, 6.07) is 14.3. The number of aliphatic imine (C=N–C) groups is 1. The molecule has 2 aromatic rings. The van der Waals surface area contributed by atoms with Crippen LogP contribution in [0, 0.1) is 0 Å². The molecule has 5 nitrogen and oxygen atoms in total. The summed E-state index contributed by atoms with van der Waals surface area (Å²) in [4.78, 5) is 31.8. The topological polar surface area (TPSA) is 61.8 Å². The van der Waals surface area contributed by atoms with Crippen LogP contribution in [-0.2, 0) is 4.79 Å². The van der Waals surface area contributed by atoms with Crippen molar-refractivity contribution in [3.8, 4) is 0 Å². The van der Waals surface area contributed by atoms with Gasteiger partial charge >= 0.3 is 0 Å². The van der Waals surface area contributed by atoms with Crippen LogP contribution in [0.25, 0.3) is 6.08 Å². The van der Waals surface area contributed by atoms with E-state index in [1.165, 1.54) is 18.2 Å². The van der Waals surface area contributed by atoms with Crippen molar-refractivity contribution in [2.24, 2.45) is 4.99 Å². The number of nitrogens with one attached hydrogen (secondary N) is 1. The third-order valence-corrected chi connectivity index (χ3v) is 6.17. The number of nitrogens with zero attached hydrogens (tertiary/aromatic N) is 2. The molecule has 0 spiro atoms. The van der Waals surface area contributed by atoms with E-state index >= 15 is 0 Å². The molecule has 0 saturated carbocycles. The lowest BCUT2D eigenvalue weighted by atomic mass is 10.1. The third-order valence-electron chi connectivity index (χ3n) is 4.80. The first-order chi connectivity index (χ1) is 14.1. The zero-order chi connectivity index (χ0) is 20.2. The average Bonchev–Trinajstić information content (AvgIpc) is 3.09. The third kappa shape index (κ3) is 4.71. The quantitative estimate of drug-likeness (QED) is 0.699. The number of hydrogen-bond donors (Lipinski definition) is 1. The first-order valence-electron chi connectivity index (χ1n) is 9.53. The fraction of sp³-hybridized carbons (Fsp3) is 0.227. The number of carbonyl (C=O) groups is 2. The number of anilines is 1. The maximum absolute atomic E-state index is 12.5. The Balaban J connectivity index is 1.47. The Kier molecular flexibility index (Phi) is 6.02. The summed E-state index contributed by atoms with van der Waals surface area (Å²) >= 11 is 7.52. The molecule has 1 fully saturated rings. The first-order valence-corrected chi connectivity index (χ1v) is 10.7. The predicted octanol–water partition coefficient (Wildman–Crippen LogP) is 5.05. The van der Waals surface area contributed by atoms with Crippen molar-refractivity contribution in [3.05, 3.63) is 69.6 Å². The number of rotatable bonds is 3.